The van der Waals surface area contributed by atoms with Crippen LogP contribution in [0.5, 0.6) is 0 Å². The number of furan rings is 2. The molecule has 4 heterocycles. The molecule has 0 amide bonds. The van der Waals surface area contributed by atoms with Gasteiger partial charge in [-0.3, -0.25) is 0 Å². The average molecular weight is 318 g/mol. The Balaban J connectivity index is 1.80. The molecule has 0 N–H and O–H groups in total. The van der Waals surface area contributed by atoms with Crippen molar-refractivity contribution in [2.75, 3.05) is 0 Å². The second-order valence-corrected chi connectivity index (χ2v) is 5.86. The molecule has 0 atom stereocenters. The quantitative estimate of drug-likeness (QED) is 0.371. The molecule has 118 valence electrons. The van der Waals surface area contributed by atoms with E-state index >= 15 is 0 Å². The number of aromatic nitrogens is 4. The van der Waals surface area contributed by atoms with E-state index in [0.29, 0.717) is 0 Å². The van der Waals surface area contributed by atoms with Crippen molar-refractivity contribution < 1.29 is 13.4 Å². The number of imidazole rings is 2. The second kappa shape index (κ2) is 4.61. The van der Waals surface area contributed by atoms with Crippen molar-refractivity contribution in [3.63, 3.8) is 0 Å². The van der Waals surface area contributed by atoms with Crippen molar-refractivity contribution in [3.8, 4) is 17.3 Å². The van der Waals surface area contributed by atoms with Crippen molar-refractivity contribution in [1.29, 1.82) is 0 Å². The summed E-state index contributed by atoms with van der Waals surface area (Å²) in [7, 11) is 3.89. The highest BCUT2D eigenvalue weighted by molar-refractivity contribution is 6.03. The molecule has 0 aliphatic rings. The lowest BCUT2D eigenvalue weighted by molar-refractivity contribution is -0.674. The summed E-state index contributed by atoms with van der Waals surface area (Å²) in [5.74, 6) is 1.56. The van der Waals surface area contributed by atoms with Crippen LogP contribution in [0.2, 0.25) is 0 Å². The summed E-state index contributed by atoms with van der Waals surface area (Å²) >= 11 is 0. The molecule has 0 bridgehead atoms. The molecule has 1 aromatic carbocycles. The Bertz CT molecular complexity index is 1190. The first-order valence-electron chi connectivity index (χ1n) is 7.57. The maximum absolute atomic E-state index is 5.79. The van der Waals surface area contributed by atoms with Gasteiger partial charge in [0, 0.05) is 48.0 Å². The van der Waals surface area contributed by atoms with E-state index in [4.69, 9.17) is 8.83 Å². The lowest BCUT2D eigenvalue weighted by Crippen LogP contribution is -2.24. The van der Waals surface area contributed by atoms with Crippen LogP contribution in [0.1, 0.15) is 0 Å². The monoisotopic (exact) mass is 318 g/mol. The first-order chi connectivity index (χ1) is 11.7. The van der Waals surface area contributed by atoms with Crippen LogP contribution in [-0.4, -0.2) is 14.1 Å². The molecular weight excluding hydrogens is 304 g/mol. The van der Waals surface area contributed by atoms with E-state index in [1.54, 1.807) is 18.7 Å². The molecule has 24 heavy (non-hydrogen) atoms. The van der Waals surface area contributed by atoms with Gasteiger partial charge < -0.3 is 22.5 Å². The van der Waals surface area contributed by atoms with Gasteiger partial charge in [-0.2, -0.15) is 0 Å². The SMILES string of the molecule is Cn1ccnc1-c1occ2cc3occ(-n4[c-][n+](C)cc4)c3cc12. The summed E-state index contributed by atoms with van der Waals surface area (Å²) in [6.07, 6.45) is 14.2. The van der Waals surface area contributed by atoms with Gasteiger partial charge >= 0.3 is 0 Å². The predicted octanol–water partition coefficient (Wildman–Crippen LogP) is 2.99. The minimum atomic E-state index is 0.758. The van der Waals surface area contributed by atoms with Gasteiger partial charge in [0.2, 0.25) is 6.33 Å². The Kier molecular flexibility index (Phi) is 2.53. The van der Waals surface area contributed by atoms with Crippen LogP contribution < -0.4 is 4.57 Å². The third kappa shape index (κ3) is 1.76. The van der Waals surface area contributed by atoms with E-state index in [2.05, 4.69) is 17.4 Å². The molecule has 0 radical (unpaired) electrons. The van der Waals surface area contributed by atoms with E-state index in [1.165, 1.54) is 0 Å². The molecule has 0 spiro atoms. The molecule has 0 aliphatic carbocycles. The topological polar surface area (TPSA) is 52.9 Å². The highest BCUT2D eigenvalue weighted by Gasteiger charge is 2.16. The zero-order chi connectivity index (χ0) is 16.3. The van der Waals surface area contributed by atoms with Crippen molar-refractivity contribution >= 4 is 21.7 Å². The molecule has 0 aliphatic heterocycles. The number of benzene rings is 1. The van der Waals surface area contributed by atoms with Crippen LogP contribution in [0.4, 0.5) is 0 Å². The molecule has 0 unspecified atom stereocenters. The first kappa shape index (κ1) is 13.2. The van der Waals surface area contributed by atoms with Crippen molar-refractivity contribution in [3.05, 3.63) is 55.8 Å². The van der Waals surface area contributed by atoms with E-state index in [0.717, 1.165) is 39.0 Å². The number of rotatable bonds is 2. The summed E-state index contributed by atoms with van der Waals surface area (Å²) in [5, 5.41) is 3.01. The molecular formula is C18H14N4O2. The van der Waals surface area contributed by atoms with Crippen LogP contribution >= 0.6 is 0 Å². The van der Waals surface area contributed by atoms with Gasteiger partial charge in [-0.25, -0.2) is 4.98 Å². The van der Waals surface area contributed by atoms with Gasteiger partial charge in [0.05, 0.1) is 25.3 Å². The number of fused-ring (bicyclic) bond motifs is 2. The highest BCUT2D eigenvalue weighted by atomic mass is 16.3. The van der Waals surface area contributed by atoms with Crippen LogP contribution in [0.3, 0.4) is 0 Å². The maximum atomic E-state index is 5.79. The second-order valence-electron chi connectivity index (χ2n) is 5.86. The van der Waals surface area contributed by atoms with E-state index in [-0.39, 0.29) is 0 Å². The number of nitrogens with zero attached hydrogens (tertiary/aromatic N) is 4. The fourth-order valence-corrected chi connectivity index (χ4v) is 3.04. The number of aryl methyl sites for hydroxylation is 2. The van der Waals surface area contributed by atoms with Crippen LogP contribution in [0.25, 0.3) is 39.0 Å². The van der Waals surface area contributed by atoms with Gasteiger partial charge in [0.25, 0.3) is 0 Å². The fourth-order valence-electron chi connectivity index (χ4n) is 3.04. The molecule has 6 nitrogen and oxygen atoms in total. The van der Waals surface area contributed by atoms with Crippen LogP contribution in [-0.2, 0) is 14.1 Å². The Labute approximate surface area is 137 Å². The maximum Gasteiger partial charge on any atom is 0.243 e. The van der Waals surface area contributed by atoms with Crippen LogP contribution in [0, 0.1) is 6.33 Å². The Morgan fingerprint density at radius 1 is 1.12 bits per heavy atom. The van der Waals surface area contributed by atoms with Crippen molar-refractivity contribution in [2.45, 2.75) is 0 Å². The largest absolute Gasteiger partial charge is 0.470 e. The molecule has 5 aromatic rings. The standard InChI is InChI=1S/C18H14N4O2/c1-20-5-6-22(11-20)15-10-23-16-7-12-9-24-17(13(12)8-14(15)16)18-19-3-4-21(18)2/h3-10H,1-2H3. The number of hydrogen-bond donors (Lipinski definition) is 0. The predicted molar refractivity (Wildman–Crippen MR) is 87.5 cm³/mol. The Hall–Kier alpha value is -3.28. The molecule has 0 saturated carbocycles. The summed E-state index contributed by atoms with van der Waals surface area (Å²) in [6, 6.07) is 4.08. The zero-order valence-corrected chi connectivity index (χ0v) is 13.2. The summed E-state index contributed by atoms with van der Waals surface area (Å²) in [6.45, 7) is 0. The first-order valence-corrected chi connectivity index (χ1v) is 7.57. The van der Waals surface area contributed by atoms with Gasteiger partial charge in [-0.15, -0.1) is 0 Å². The minimum absolute atomic E-state index is 0.758. The fraction of sp³-hybridized carbons (Fsp3) is 0.111. The normalized spacial score (nSPS) is 11.8. The number of hydrogen-bond acceptors (Lipinski definition) is 3. The average Bonchev–Trinajstić information content (AvgIpc) is 3.31. The van der Waals surface area contributed by atoms with E-state index in [9.17, 15) is 0 Å². The molecule has 5 rings (SSSR count). The van der Waals surface area contributed by atoms with E-state index < -0.39 is 0 Å². The molecule has 0 fully saturated rings. The Morgan fingerprint density at radius 3 is 2.79 bits per heavy atom. The molecule has 4 aromatic heterocycles. The van der Waals surface area contributed by atoms with Crippen molar-refractivity contribution in [2.24, 2.45) is 14.1 Å². The van der Waals surface area contributed by atoms with Gasteiger partial charge in [0.15, 0.2) is 11.6 Å². The molecule has 0 saturated heterocycles. The van der Waals surface area contributed by atoms with Gasteiger partial charge in [-0.05, 0) is 12.1 Å². The summed E-state index contributed by atoms with van der Waals surface area (Å²) < 4.78 is 17.2. The lowest BCUT2D eigenvalue weighted by Gasteiger charge is -2.01. The third-order valence-electron chi connectivity index (χ3n) is 4.26. The lowest BCUT2D eigenvalue weighted by atomic mass is 10.1. The minimum Gasteiger partial charge on any atom is -0.470 e. The Morgan fingerprint density at radius 2 is 2.04 bits per heavy atom. The molecule has 6 heteroatoms. The van der Waals surface area contributed by atoms with Gasteiger partial charge in [0.1, 0.15) is 5.58 Å². The highest BCUT2D eigenvalue weighted by Crippen LogP contribution is 2.35. The van der Waals surface area contributed by atoms with Gasteiger partial charge in [-0.1, -0.05) is 0 Å². The smallest absolute Gasteiger partial charge is 0.243 e. The zero-order valence-electron chi connectivity index (χ0n) is 13.2. The summed E-state index contributed by atoms with van der Waals surface area (Å²) in [4.78, 5) is 4.39. The van der Waals surface area contributed by atoms with Crippen molar-refractivity contribution in [1.82, 2.24) is 14.1 Å². The third-order valence-corrected chi connectivity index (χ3v) is 4.26. The van der Waals surface area contributed by atoms with E-state index in [1.807, 2.05) is 52.5 Å². The summed E-state index contributed by atoms with van der Waals surface area (Å²) in [5.41, 5.74) is 1.76. The van der Waals surface area contributed by atoms with Crippen LogP contribution in [0.15, 0.2) is 58.3 Å².